The SMILES string of the molecule is CCC1CCC(N(C)c2nc(C)c(CNC(C)C)s2)CC1. The number of anilines is 1. The molecule has 0 aromatic carbocycles. The monoisotopic (exact) mass is 309 g/mol. The smallest absolute Gasteiger partial charge is 0.185 e. The Bertz CT molecular complexity index is 433. The average Bonchev–Trinajstić information content (AvgIpc) is 2.85. The molecule has 1 N–H and O–H groups in total. The molecule has 0 spiro atoms. The Hall–Kier alpha value is -0.610. The Morgan fingerprint density at radius 1 is 1.29 bits per heavy atom. The third-order valence-corrected chi connectivity index (χ3v) is 6.04. The van der Waals surface area contributed by atoms with Gasteiger partial charge in [0.25, 0.3) is 0 Å². The van der Waals surface area contributed by atoms with Gasteiger partial charge in [-0.2, -0.15) is 0 Å². The number of hydrogen-bond donors (Lipinski definition) is 1. The van der Waals surface area contributed by atoms with Crippen molar-refractivity contribution in [3.8, 4) is 0 Å². The predicted octanol–water partition coefficient (Wildman–Crippen LogP) is 4.35. The van der Waals surface area contributed by atoms with Gasteiger partial charge >= 0.3 is 0 Å². The number of nitrogens with one attached hydrogen (secondary N) is 1. The van der Waals surface area contributed by atoms with E-state index in [2.05, 4.69) is 45.0 Å². The van der Waals surface area contributed by atoms with E-state index in [1.54, 1.807) is 0 Å². The van der Waals surface area contributed by atoms with E-state index in [-0.39, 0.29) is 0 Å². The van der Waals surface area contributed by atoms with Gasteiger partial charge in [-0.25, -0.2) is 4.98 Å². The lowest BCUT2D eigenvalue weighted by Gasteiger charge is -2.34. The van der Waals surface area contributed by atoms with Crippen LogP contribution in [-0.2, 0) is 6.54 Å². The van der Waals surface area contributed by atoms with Crippen molar-refractivity contribution in [3.63, 3.8) is 0 Å². The van der Waals surface area contributed by atoms with Crippen LogP contribution in [0, 0.1) is 12.8 Å². The van der Waals surface area contributed by atoms with Crippen molar-refractivity contribution in [3.05, 3.63) is 10.6 Å². The number of hydrogen-bond acceptors (Lipinski definition) is 4. The fraction of sp³-hybridized carbons (Fsp3) is 0.824. The summed E-state index contributed by atoms with van der Waals surface area (Å²) in [7, 11) is 2.23. The van der Waals surface area contributed by atoms with Crippen molar-refractivity contribution in [2.24, 2.45) is 5.92 Å². The minimum Gasteiger partial charge on any atom is -0.348 e. The van der Waals surface area contributed by atoms with Crippen LogP contribution in [0.1, 0.15) is 63.4 Å². The molecule has 21 heavy (non-hydrogen) atoms. The van der Waals surface area contributed by atoms with Crippen molar-refractivity contribution >= 4 is 16.5 Å². The van der Waals surface area contributed by atoms with E-state index in [0.717, 1.165) is 12.5 Å². The third-order valence-electron chi connectivity index (χ3n) is 4.80. The van der Waals surface area contributed by atoms with Crippen LogP contribution in [-0.4, -0.2) is 24.1 Å². The van der Waals surface area contributed by atoms with Crippen LogP contribution in [0.25, 0.3) is 0 Å². The zero-order valence-electron chi connectivity index (χ0n) is 14.3. The number of thiazole rings is 1. The number of aryl methyl sites for hydroxylation is 1. The molecule has 3 nitrogen and oxygen atoms in total. The van der Waals surface area contributed by atoms with Crippen molar-refractivity contribution < 1.29 is 0 Å². The first-order valence-corrected chi connectivity index (χ1v) is 9.25. The van der Waals surface area contributed by atoms with Crippen LogP contribution >= 0.6 is 11.3 Å². The van der Waals surface area contributed by atoms with E-state index in [0.29, 0.717) is 12.1 Å². The molecular formula is C17H31N3S. The first-order valence-electron chi connectivity index (χ1n) is 8.43. The van der Waals surface area contributed by atoms with Gasteiger partial charge in [0.05, 0.1) is 5.69 Å². The standard InChI is InChI=1S/C17H31N3S/c1-6-14-7-9-15(10-8-14)20(5)17-19-13(4)16(21-17)11-18-12(2)3/h12,14-15,18H,6-11H2,1-5H3. The zero-order chi connectivity index (χ0) is 15.4. The molecule has 0 unspecified atom stereocenters. The van der Waals surface area contributed by atoms with Crippen LogP contribution in [0.5, 0.6) is 0 Å². The van der Waals surface area contributed by atoms with E-state index in [1.165, 1.54) is 47.8 Å². The first kappa shape index (κ1) is 16.8. The minimum atomic E-state index is 0.525. The number of rotatable bonds is 6. The lowest BCUT2D eigenvalue weighted by atomic mass is 9.84. The lowest BCUT2D eigenvalue weighted by Crippen LogP contribution is -2.35. The van der Waals surface area contributed by atoms with Gasteiger partial charge in [0.1, 0.15) is 0 Å². The highest BCUT2D eigenvalue weighted by Gasteiger charge is 2.25. The quantitative estimate of drug-likeness (QED) is 0.846. The normalized spacial score (nSPS) is 22.8. The Morgan fingerprint density at radius 3 is 2.52 bits per heavy atom. The summed E-state index contributed by atoms with van der Waals surface area (Å²) in [6.45, 7) is 9.79. The molecule has 0 amide bonds. The lowest BCUT2D eigenvalue weighted by molar-refractivity contribution is 0.313. The summed E-state index contributed by atoms with van der Waals surface area (Å²) in [5.74, 6) is 0.957. The molecule has 1 saturated carbocycles. The van der Waals surface area contributed by atoms with Crippen LogP contribution < -0.4 is 10.2 Å². The Labute approximate surface area is 134 Å². The minimum absolute atomic E-state index is 0.525. The Morgan fingerprint density at radius 2 is 1.95 bits per heavy atom. The summed E-state index contributed by atoms with van der Waals surface area (Å²) in [6, 6.07) is 1.21. The number of aromatic nitrogens is 1. The molecule has 0 radical (unpaired) electrons. The van der Waals surface area contributed by atoms with Crippen LogP contribution in [0.3, 0.4) is 0 Å². The van der Waals surface area contributed by atoms with Crippen molar-refractivity contribution in [2.45, 2.75) is 78.4 Å². The second-order valence-electron chi connectivity index (χ2n) is 6.73. The van der Waals surface area contributed by atoms with Gasteiger partial charge in [-0.05, 0) is 38.5 Å². The van der Waals surface area contributed by atoms with Crippen molar-refractivity contribution in [1.29, 1.82) is 0 Å². The van der Waals surface area contributed by atoms with E-state index >= 15 is 0 Å². The fourth-order valence-corrected chi connectivity index (χ4v) is 4.17. The summed E-state index contributed by atoms with van der Waals surface area (Å²) in [4.78, 5) is 8.62. The summed E-state index contributed by atoms with van der Waals surface area (Å²) < 4.78 is 0. The molecule has 0 bridgehead atoms. The molecule has 0 aliphatic heterocycles. The molecule has 1 aromatic heterocycles. The molecule has 1 aromatic rings. The van der Waals surface area contributed by atoms with Gasteiger partial charge in [-0.15, -0.1) is 11.3 Å². The predicted molar refractivity (Wildman–Crippen MR) is 93.3 cm³/mol. The molecule has 120 valence electrons. The van der Waals surface area contributed by atoms with Crippen molar-refractivity contribution in [2.75, 3.05) is 11.9 Å². The summed E-state index contributed by atoms with van der Waals surface area (Å²) in [6.07, 6.45) is 6.77. The van der Waals surface area contributed by atoms with Gasteiger partial charge in [-0.3, -0.25) is 0 Å². The molecular weight excluding hydrogens is 278 g/mol. The van der Waals surface area contributed by atoms with E-state index in [9.17, 15) is 0 Å². The second kappa shape index (κ2) is 7.59. The molecule has 2 rings (SSSR count). The molecule has 1 fully saturated rings. The molecule has 1 aliphatic rings. The highest BCUT2D eigenvalue weighted by atomic mass is 32.1. The van der Waals surface area contributed by atoms with Gasteiger partial charge in [0.15, 0.2) is 5.13 Å². The Balaban J connectivity index is 1.96. The highest BCUT2D eigenvalue weighted by Crippen LogP contribution is 2.33. The fourth-order valence-electron chi connectivity index (χ4n) is 3.12. The molecule has 4 heteroatoms. The first-order chi connectivity index (χ1) is 10.0. The van der Waals surface area contributed by atoms with E-state index < -0.39 is 0 Å². The topological polar surface area (TPSA) is 28.2 Å². The van der Waals surface area contributed by atoms with Crippen LogP contribution in [0.2, 0.25) is 0 Å². The zero-order valence-corrected chi connectivity index (χ0v) is 15.1. The summed E-state index contributed by atoms with van der Waals surface area (Å²) in [5, 5.41) is 4.70. The van der Waals surface area contributed by atoms with Gasteiger partial charge in [-0.1, -0.05) is 27.2 Å². The molecule has 1 heterocycles. The molecule has 0 saturated heterocycles. The molecule has 1 aliphatic carbocycles. The van der Waals surface area contributed by atoms with Crippen LogP contribution in [0.15, 0.2) is 0 Å². The second-order valence-corrected chi connectivity index (χ2v) is 7.80. The maximum atomic E-state index is 4.81. The Kier molecular flexibility index (Phi) is 6.06. The number of nitrogens with zero attached hydrogens (tertiary/aromatic N) is 2. The highest BCUT2D eigenvalue weighted by molar-refractivity contribution is 7.15. The largest absolute Gasteiger partial charge is 0.348 e. The average molecular weight is 310 g/mol. The maximum absolute atomic E-state index is 4.81. The van der Waals surface area contributed by atoms with E-state index in [4.69, 9.17) is 4.98 Å². The van der Waals surface area contributed by atoms with Crippen LogP contribution in [0.4, 0.5) is 5.13 Å². The van der Waals surface area contributed by atoms with E-state index in [1.807, 2.05) is 11.3 Å². The van der Waals surface area contributed by atoms with Gasteiger partial charge in [0.2, 0.25) is 0 Å². The maximum Gasteiger partial charge on any atom is 0.185 e. The summed E-state index contributed by atoms with van der Waals surface area (Å²) in [5.41, 5.74) is 1.19. The van der Waals surface area contributed by atoms with Crippen molar-refractivity contribution in [1.82, 2.24) is 10.3 Å². The van der Waals surface area contributed by atoms with Gasteiger partial charge < -0.3 is 10.2 Å². The summed E-state index contributed by atoms with van der Waals surface area (Å²) >= 11 is 1.86. The molecule has 0 atom stereocenters. The third kappa shape index (κ3) is 4.43. The van der Waals surface area contributed by atoms with Gasteiger partial charge in [0, 0.05) is 30.6 Å².